The highest BCUT2D eigenvalue weighted by Gasteiger charge is 2.11. The molecule has 0 spiro atoms. The zero-order valence-corrected chi connectivity index (χ0v) is 12.2. The molecular weight excluding hydrogens is 280 g/mol. The molecular formula is C17H18N2O3. The lowest BCUT2D eigenvalue weighted by Crippen LogP contribution is -2.36. The molecule has 2 aromatic rings. The van der Waals surface area contributed by atoms with E-state index in [0.29, 0.717) is 11.4 Å². The number of nitrogens with one attached hydrogen (secondary N) is 1. The molecule has 0 saturated carbocycles. The first kappa shape index (κ1) is 14.4. The fraction of sp³-hybridized carbons (Fsp3) is 0.235. The Morgan fingerprint density at radius 2 is 1.68 bits per heavy atom. The zero-order chi connectivity index (χ0) is 15.2. The average Bonchev–Trinajstić information content (AvgIpc) is 2.57. The van der Waals surface area contributed by atoms with E-state index in [9.17, 15) is 4.79 Å². The van der Waals surface area contributed by atoms with Crippen LogP contribution in [0.15, 0.2) is 54.6 Å². The van der Waals surface area contributed by atoms with Gasteiger partial charge < -0.3 is 14.4 Å². The van der Waals surface area contributed by atoms with Crippen molar-refractivity contribution < 1.29 is 14.3 Å². The van der Waals surface area contributed by atoms with Gasteiger partial charge >= 0.3 is 6.09 Å². The molecule has 1 N–H and O–H groups in total. The third kappa shape index (κ3) is 3.77. The van der Waals surface area contributed by atoms with Crippen molar-refractivity contribution >= 4 is 17.5 Å². The normalized spacial score (nSPS) is 14.5. The number of hydrogen-bond donors (Lipinski definition) is 1. The predicted octanol–water partition coefficient (Wildman–Crippen LogP) is 3.13. The molecule has 2 aromatic carbocycles. The van der Waals surface area contributed by atoms with Crippen molar-refractivity contribution in [2.24, 2.45) is 0 Å². The van der Waals surface area contributed by atoms with Gasteiger partial charge in [-0.15, -0.1) is 0 Å². The second-order valence-corrected chi connectivity index (χ2v) is 4.97. The molecule has 3 rings (SSSR count). The predicted molar refractivity (Wildman–Crippen MR) is 85.6 cm³/mol. The minimum absolute atomic E-state index is 0.495. The van der Waals surface area contributed by atoms with E-state index in [1.54, 1.807) is 12.1 Å². The van der Waals surface area contributed by atoms with Gasteiger partial charge in [-0.25, -0.2) is 4.79 Å². The Bertz CT molecular complexity index is 608. The Morgan fingerprint density at radius 3 is 2.36 bits per heavy atom. The highest BCUT2D eigenvalue weighted by atomic mass is 16.6. The summed E-state index contributed by atoms with van der Waals surface area (Å²) in [6, 6.07) is 16.7. The number of carbonyl (C=O) groups excluding carboxylic acids is 1. The maximum absolute atomic E-state index is 11.8. The van der Waals surface area contributed by atoms with E-state index in [1.165, 1.54) is 0 Å². The molecule has 0 atom stereocenters. The van der Waals surface area contributed by atoms with Gasteiger partial charge in [0, 0.05) is 24.5 Å². The van der Waals surface area contributed by atoms with Gasteiger partial charge in [0.25, 0.3) is 0 Å². The summed E-state index contributed by atoms with van der Waals surface area (Å²) in [4.78, 5) is 14.1. The van der Waals surface area contributed by atoms with E-state index in [4.69, 9.17) is 9.47 Å². The summed E-state index contributed by atoms with van der Waals surface area (Å²) >= 11 is 0. The van der Waals surface area contributed by atoms with Crippen molar-refractivity contribution in [1.82, 2.24) is 0 Å². The first-order chi connectivity index (χ1) is 10.8. The van der Waals surface area contributed by atoms with Crippen LogP contribution in [0.2, 0.25) is 0 Å². The summed E-state index contributed by atoms with van der Waals surface area (Å²) < 4.78 is 10.6. The maximum atomic E-state index is 11.8. The van der Waals surface area contributed by atoms with Crippen molar-refractivity contribution in [3.05, 3.63) is 54.6 Å². The molecule has 114 valence electrons. The standard InChI is InChI=1S/C17H18N2O3/c20-17(18-14-4-2-1-3-5-14)22-16-8-6-15(7-9-16)19-10-12-21-13-11-19/h1-9H,10-13H2,(H,18,20). The number of nitrogens with zero attached hydrogens (tertiary/aromatic N) is 1. The summed E-state index contributed by atoms with van der Waals surface area (Å²) in [7, 11) is 0. The number of benzene rings is 2. The molecule has 0 bridgehead atoms. The summed E-state index contributed by atoms with van der Waals surface area (Å²) in [6.07, 6.45) is -0.495. The van der Waals surface area contributed by atoms with E-state index in [0.717, 1.165) is 32.0 Å². The fourth-order valence-electron chi connectivity index (χ4n) is 2.32. The van der Waals surface area contributed by atoms with Crippen molar-refractivity contribution in [3.8, 4) is 5.75 Å². The number of hydrogen-bond acceptors (Lipinski definition) is 4. The summed E-state index contributed by atoms with van der Waals surface area (Å²) in [5.74, 6) is 0.519. The molecule has 1 fully saturated rings. The van der Waals surface area contributed by atoms with Gasteiger partial charge in [-0.2, -0.15) is 0 Å². The Hall–Kier alpha value is -2.53. The fourth-order valence-corrected chi connectivity index (χ4v) is 2.32. The Morgan fingerprint density at radius 1 is 1.00 bits per heavy atom. The molecule has 1 aliphatic heterocycles. The van der Waals surface area contributed by atoms with Gasteiger partial charge in [0.1, 0.15) is 5.75 Å². The second-order valence-electron chi connectivity index (χ2n) is 4.97. The summed E-state index contributed by atoms with van der Waals surface area (Å²) in [5.41, 5.74) is 1.82. The third-order valence-electron chi connectivity index (χ3n) is 3.44. The van der Waals surface area contributed by atoms with Crippen LogP contribution >= 0.6 is 0 Å². The van der Waals surface area contributed by atoms with Crippen molar-refractivity contribution in [2.75, 3.05) is 36.5 Å². The van der Waals surface area contributed by atoms with Crippen LogP contribution in [0.3, 0.4) is 0 Å². The first-order valence-corrected chi connectivity index (χ1v) is 7.28. The Kier molecular flexibility index (Phi) is 4.56. The largest absolute Gasteiger partial charge is 0.417 e. The summed E-state index contributed by atoms with van der Waals surface area (Å²) in [5, 5.41) is 2.68. The van der Waals surface area contributed by atoms with Crippen LogP contribution < -0.4 is 15.0 Å². The van der Waals surface area contributed by atoms with E-state index in [-0.39, 0.29) is 0 Å². The molecule has 5 nitrogen and oxygen atoms in total. The number of amides is 1. The molecule has 0 aliphatic carbocycles. The topological polar surface area (TPSA) is 50.8 Å². The molecule has 22 heavy (non-hydrogen) atoms. The molecule has 1 heterocycles. The molecule has 0 aromatic heterocycles. The van der Waals surface area contributed by atoms with E-state index < -0.39 is 6.09 Å². The van der Waals surface area contributed by atoms with Gasteiger partial charge in [-0.3, -0.25) is 5.32 Å². The van der Waals surface area contributed by atoms with E-state index in [1.807, 2.05) is 42.5 Å². The molecule has 1 amide bonds. The third-order valence-corrected chi connectivity index (χ3v) is 3.44. The van der Waals surface area contributed by atoms with Crippen LogP contribution in [0.25, 0.3) is 0 Å². The quantitative estimate of drug-likeness (QED) is 0.946. The average molecular weight is 298 g/mol. The zero-order valence-electron chi connectivity index (χ0n) is 12.2. The van der Waals surface area contributed by atoms with Crippen LogP contribution in [0.4, 0.5) is 16.2 Å². The highest BCUT2D eigenvalue weighted by molar-refractivity contribution is 5.86. The Balaban J connectivity index is 1.57. The van der Waals surface area contributed by atoms with Gasteiger partial charge in [-0.1, -0.05) is 18.2 Å². The molecule has 0 radical (unpaired) electrons. The monoisotopic (exact) mass is 298 g/mol. The lowest BCUT2D eigenvalue weighted by Gasteiger charge is -2.28. The lowest BCUT2D eigenvalue weighted by molar-refractivity contribution is 0.122. The highest BCUT2D eigenvalue weighted by Crippen LogP contribution is 2.20. The number of anilines is 2. The number of morpholine rings is 1. The van der Waals surface area contributed by atoms with Crippen LogP contribution in [-0.2, 0) is 4.74 Å². The molecule has 5 heteroatoms. The minimum atomic E-state index is -0.495. The van der Waals surface area contributed by atoms with Crippen molar-refractivity contribution in [1.29, 1.82) is 0 Å². The molecule has 1 saturated heterocycles. The van der Waals surface area contributed by atoms with Crippen LogP contribution in [0, 0.1) is 0 Å². The Labute approximate surface area is 129 Å². The van der Waals surface area contributed by atoms with Gasteiger partial charge in [-0.05, 0) is 36.4 Å². The van der Waals surface area contributed by atoms with Crippen molar-refractivity contribution in [2.45, 2.75) is 0 Å². The minimum Gasteiger partial charge on any atom is -0.410 e. The van der Waals surface area contributed by atoms with Crippen molar-refractivity contribution in [3.63, 3.8) is 0 Å². The van der Waals surface area contributed by atoms with Crippen LogP contribution in [0.5, 0.6) is 5.75 Å². The molecule has 1 aliphatic rings. The number of carbonyl (C=O) groups is 1. The first-order valence-electron chi connectivity index (χ1n) is 7.28. The van der Waals surface area contributed by atoms with Crippen LogP contribution in [-0.4, -0.2) is 32.4 Å². The number of para-hydroxylation sites is 1. The van der Waals surface area contributed by atoms with Gasteiger partial charge in [0.2, 0.25) is 0 Å². The number of ether oxygens (including phenoxy) is 2. The lowest BCUT2D eigenvalue weighted by atomic mass is 10.2. The SMILES string of the molecule is O=C(Nc1ccccc1)Oc1ccc(N2CCOCC2)cc1. The smallest absolute Gasteiger partial charge is 0.410 e. The second kappa shape index (κ2) is 6.95. The summed E-state index contributed by atoms with van der Waals surface area (Å²) in [6.45, 7) is 3.26. The maximum Gasteiger partial charge on any atom is 0.417 e. The van der Waals surface area contributed by atoms with E-state index >= 15 is 0 Å². The van der Waals surface area contributed by atoms with Gasteiger partial charge in [0.05, 0.1) is 13.2 Å². The van der Waals surface area contributed by atoms with Gasteiger partial charge in [0.15, 0.2) is 0 Å². The number of rotatable bonds is 3. The molecule has 0 unspecified atom stereocenters. The van der Waals surface area contributed by atoms with E-state index in [2.05, 4.69) is 10.2 Å². The van der Waals surface area contributed by atoms with Crippen LogP contribution in [0.1, 0.15) is 0 Å².